The van der Waals surface area contributed by atoms with Crippen molar-refractivity contribution >= 4 is 5.96 Å². The van der Waals surface area contributed by atoms with Gasteiger partial charge in [0.1, 0.15) is 5.76 Å². The van der Waals surface area contributed by atoms with Gasteiger partial charge in [0.25, 0.3) is 0 Å². The summed E-state index contributed by atoms with van der Waals surface area (Å²) in [5, 5.41) is 7.53. The average Bonchev–Trinajstić information content (AvgIpc) is 3.17. The number of ether oxygens (including phenoxy) is 2. The van der Waals surface area contributed by atoms with Crippen LogP contribution in [0.1, 0.15) is 30.9 Å². The van der Waals surface area contributed by atoms with E-state index in [-0.39, 0.29) is 0 Å². The molecule has 1 N–H and O–H groups in total. The third kappa shape index (κ3) is 5.89. The number of aromatic nitrogens is 1. The molecule has 1 fully saturated rings. The number of benzene rings is 1. The third-order valence-electron chi connectivity index (χ3n) is 5.01. The second kappa shape index (κ2) is 10.9. The fourth-order valence-electron chi connectivity index (χ4n) is 3.52. The van der Waals surface area contributed by atoms with E-state index in [9.17, 15) is 0 Å². The molecule has 0 atom stereocenters. The predicted octanol–water partition coefficient (Wildman–Crippen LogP) is 2.67. The standard InChI is InChI=1S/C22H33N5O3/c1-5-23-22(24-15-18-7-8-20(28-4)21(14-18)29-6-2)27-11-9-26(10-12-27)16-19-13-17(3)30-25-19/h7-8,13-14H,5-6,9-12,15-16H2,1-4H3,(H,23,24). The Morgan fingerprint density at radius 1 is 1.17 bits per heavy atom. The summed E-state index contributed by atoms with van der Waals surface area (Å²) in [5.41, 5.74) is 2.08. The number of nitrogens with zero attached hydrogens (tertiary/aromatic N) is 4. The zero-order chi connectivity index (χ0) is 21.3. The molecule has 0 spiro atoms. The molecule has 30 heavy (non-hydrogen) atoms. The van der Waals surface area contributed by atoms with Gasteiger partial charge in [-0.1, -0.05) is 11.2 Å². The van der Waals surface area contributed by atoms with Crippen molar-refractivity contribution < 1.29 is 14.0 Å². The average molecular weight is 416 g/mol. The van der Waals surface area contributed by atoms with Gasteiger partial charge in [0, 0.05) is 45.3 Å². The molecular formula is C22H33N5O3. The number of hydrogen-bond acceptors (Lipinski definition) is 6. The van der Waals surface area contributed by atoms with Crippen LogP contribution >= 0.6 is 0 Å². The molecule has 2 heterocycles. The van der Waals surface area contributed by atoms with E-state index in [1.807, 2.05) is 38.1 Å². The maximum atomic E-state index is 5.68. The molecule has 1 aromatic heterocycles. The first-order valence-corrected chi connectivity index (χ1v) is 10.6. The van der Waals surface area contributed by atoms with Gasteiger partial charge >= 0.3 is 0 Å². The van der Waals surface area contributed by atoms with Crippen LogP contribution in [-0.4, -0.2) is 67.4 Å². The first-order chi connectivity index (χ1) is 14.6. The molecule has 8 heteroatoms. The molecule has 2 aromatic rings. The van der Waals surface area contributed by atoms with Crippen molar-refractivity contribution in [1.82, 2.24) is 20.3 Å². The van der Waals surface area contributed by atoms with Crippen molar-refractivity contribution in [2.24, 2.45) is 4.99 Å². The molecule has 1 aliphatic heterocycles. The Morgan fingerprint density at radius 2 is 1.97 bits per heavy atom. The summed E-state index contributed by atoms with van der Waals surface area (Å²) < 4.78 is 16.2. The summed E-state index contributed by atoms with van der Waals surface area (Å²) in [5.74, 6) is 3.31. The van der Waals surface area contributed by atoms with Crippen LogP contribution in [0.3, 0.4) is 0 Å². The molecule has 8 nitrogen and oxygen atoms in total. The van der Waals surface area contributed by atoms with Gasteiger partial charge in [0.2, 0.25) is 0 Å². The van der Waals surface area contributed by atoms with Crippen LogP contribution in [-0.2, 0) is 13.1 Å². The van der Waals surface area contributed by atoms with E-state index in [1.54, 1.807) is 7.11 Å². The number of aliphatic imine (C=N–C) groups is 1. The van der Waals surface area contributed by atoms with Gasteiger partial charge < -0.3 is 24.2 Å². The number of hydrogen-bond donors (Lipinski definition) is 1. The zero-order valence-corrected chi connectivity index (χ0v) is 18.5. The molecule has 1 aliphatic rings. The van der Waals surface area contributed by atoms with E-state index in [2.05, 4.69) is 27.2 Å². The minimum atomic E-state index is 0.588. The Bertz CT molecular complexity index is 828. The van der Waals surface area contributed by atoms with Crippen LogP contribution in [0.4, 0.5) is 0 Å². The highest BCUT2D eigenvalue weighted by atomic mass is 16.5. The number of methoxy groups -OCH3 is 1. The van der Waals surface area contributed by atoms with Crippen LogP contribution < -0.4 is 14.8 Å². The maximum Gasteiger partial charge on any atom is 0.194 e. The largest absolute Gasteiger partial charge is 0.493 e. The molecule has 164 valence electrons. The van der Waals surface area contributed by atoms with Gasteiger partial charge in [-0.05, 0) is 38.5 Å². The van der Waals surface area contributed by atoms with Crippen LogP contribution in [0.25, 0.3) is 0 Å². The van der Waals surface area contributed by atoms with Crippen molar-refractivity contribution in [3.8, 4) is 11.5 Å². The fraction of sp³-hybridized carbons (Fsp3) is 0.545. The second-order valence-electron chi connectivity index (χ2n) is 7.28. The number of guanidine groups is 1. The summed E-state index contributed by atoms with van der Waals surface area (Å²) in [6.07, 6.45) is 0. The molecule has 1 saturated heterocycles. The van der Waals surface area contributed by atoms with Crippen LogP contribution in [0.2, 0.25) is 0 Å². The molecule has 0 unspecified atom stereocenters. The van der Waals surface area contributed by atoms with E-state index in [0.717, 1.165) is 73.7 Å². The fourth-order valence-corrected chi connectivity index (χ4v) is 3.52. The normalized spacial score (nSPS) is 15.3. The molecule has 3 rings (SSSR count). The number of aryl methyl sites for hydroxylation is 1. The van der Waals surface area contributed by atoms with E-state index in [4.69, 9.17) is 19.0 Å². The van der Waals surface area contributed by atoms with E-state index in [1.165, 1.54) is 0 Å². The molecule has 0 saturated carbocycles. The number of piperazine rings is 1. The lowest BCUT2D eigenvalue weighted by molar-refractivity contribution is 0.169. The van der Waals surface area contributed by atoms with Crippen molar-refractivity contribution in [2.45, 2.75) is 33.9 Å². The Balaban J connectivity index is 1.60. The van der Waals surface area contributed by atoms with Crippen molar-refractivity contribution in [1.29, 1.82) is 0 Å². The quantitative estimate of drug-likeness (QED) is 0.525. The van der Waals surface area contributed by atoms with Crippen molar-refractivity contribution in [3.05, 3.63) is 41.3 Å². The first-order valence-electron chi connectivity index (χ1n) is 10.6. The van der Waals surface area contributed by atoms with Crippen molar-refractivity contribution in [3.63, 3.8) is 0 Å². The summed E-state index contributed by atoms with van der Waals surface area (Å²) >= 11 is 0. The summed E-state index contributed by atoms with van der Waals surface area (Å²) in [4.78, 5) is 9.58. The van der Waals surface area contributed by atoms with E-state index >= 15 is 0 Å². The molecule has 1 aromatic carbocycles. The lowest BCUT2D eigenvalue weighted by Gasteiger charge is -2.36. The maximum absolute atomic E-state index is 5.68. The number of rotatable bonds is 8. The minimum Gasteiger partial charge on any atom is -0.493 e. The highest BCUT2D eigenvalue weighted by Crippen LogP contribution is 2.28. The highest BCUT2D eigenvalue weighted by Gasteiger charge is 2.20. The second-order valence-corrected chi connectivity index (χ2v) is 7.28. The molecular weight excluding hydrogens is 382 g/mol. The Kier molecular flexibility index (Phi) is 7.96. The van der Waals surface area contributed by atoms with Gasteiger partial charge in [-0.3, -0.25) is 4.90 Å². The summed E-state index contributed by atoms with van der Waals surface area (Å²) in [6.45, 7) is 12.6. The van der Waals surface area contributed by atoms with Crippen molar-refractivity contribution in [2.75, 3.05) is 46.4 Å². The Morgan fingerprint density at radius 3 is 2.60 bits per heavy atom. The van der Waals surface area contributed by atoms with Crippen LogP contribution in [0.15, 0.2) is 33.8 Å². The smallest absolute Gasteiger partial charge is 0.194 e. The lowest BCUT2D eigenvalue weighted by atomic mass is 10.2. The van der Waals surface area contributed by atoms with Gasteiger partial charge in [-0.15, -0.1) is 0 Å². The Labute approximate surface area is 178 Å². The van der Waals surface area contributed by atoms with E-state index < -0.39 is 0 Å². The lowest BCUT2D eigenvalue weighted by Crippen LogP contribution is -2.52. The SMILES string of the molecule is CCNC(=NCc1ccc(OC)c(OCC)c1)N1CCN(Cc2cc(C)on2)CC1. The molecule has 0 radical (unpaired) electrons. The van der Waals surface area contributed by atoms with Gasteiger partial charge in [-0.25, -0.2) is 4.99 Å². The first kappa shape index (κ1) is 22.0. The molecule has 0 bridgehead atoms. The van der Waals surface area contributed by atoms with Gasteiger partial charge in [-0.2, -0.15) is 0 Å². The topological polar surface area (TPSA) is 75.4 Å². The number of nitrogens with one attached hydrogen (secondary N) is 1. The summed E-state index contributed by atoms with van der Waals surface area (Å²) in [7, 11) is 1.66. The monoisotopic (exact) mass is 415 g/mol. The zero-order valence-electron chi connectivity index (χ0n) is 18.5. The van der Waals surface area contributed by atoms with E-state index in [0.29, 0.717) is 13.2 Å². The van der Waals surface area contributed by atoms with Crippen LogP contribution in [0, 0.1) is 6.92 Å². The van der Waals surface area contributed by atoms with Gasteiger partial charge in [0.05, 0.1) is 26.0 Å². The predicted molar refractivity (Wildman–Crippen MR) is 117 cm³/mol. The Hall–Kier alpha value is -2.74. The van der Waals surface area contributed by atoms with Gasteiger partial charge in [0.15, 0.2) is 17.5 Å². The van der Waals surface area contributed by atoms with Crippen LogP contribution in [0.5, 0.6) is 11.5 Å². The molecule has 0 amide bonds. The molecule has 0 aliphatic carbocycles. The minimum absolute atomic E-state index is 0.588. The summed E-state index contributed by atoms with van der Waals surface area (Å²) in [6, 6.07) is 7.98. The highest BCUT2D eigenvalue weighted by molar-refractivity contribution is 5.80. The third-order valence-corrected chi connectivity index (χ3v) is 5.01.